The van der Waals surface area contributed by atoms with E-state index >= 15 is 0 Å². The molecule has 4 nitrogen and oxygen atoms in total. The van der Waals surface area contributed by atoms with Crippen molar-refractivity contribution < 1.29 is 4.79 Å². The van der Waals surface area contributed by atoms with Gasteiger partial charge in [-0.2, -0.15) is 5.10 Å². The van der Waals surface area contributed by atoms with Crippen LogP contribution in [0.15, 0.2) is 60.8 Å². The van der Waals surface area contributed by atoms with Crippen molar-refractivity contribution in [2.24, 2.45) is 0 Å². The topological polar surface area (TPSA) is 46.9 Å². The summed E-state index contributed by atoms with van der Waals surface area (Å²) in [5.41, 5.74) is 3.02. The van der Waals surface area contributed by atoms with Crippen molar-refractivity contribution in [3.05, 3.63) is 76.9 Å². The number of carbonyl (C=O) groups is 1. The van der Waals surface area contributed by atoms with Crippen molar-refractivity contribution in [3.63, 3.8) is 0 Å². The lowest BCUT2D eigenvalue weighted by Gasteiger charge is -2.23. The third kappa shape index (κ3) is 2.51. The van der Waals surface area contributed by atoms with Crippen LogP contribution in [-0.2, 0) is 4.79 Å². The van der Waals surface area contributed by atoms with Gasteiger partial charge in [0.1, 0.15) is 5.82 Å². The van der Waals surface area contributed by atoms with Crippen LogP contribution < -0.4 is 5.32 Å². The lowest BCUT2D eigenvalue weighted by Crippen LogP contribution is -2.24. The number of rotatable bonds is 2. The second-order valence-corrected chi connectivity index (χ2v) is 5.99. The maximum absolute atomic E-state index is 12.2. The smallest absolute Gasteiger partial charge is 0.226 e. The monoisotopic (exact) mass is 323 g/mol. The first-order valence-electron chi connectivity index (χ1n) is 7.41. The standard InChI is InChI=1S/C18H14ClN3O/c19-13-6-8-14(9-7-13)22-18-16(11-20-22)15(10-17(23)21-18)12-4-2-1-3-5-12/h1-9,11,15H,10H2,(H,21,23). The summed E-state index contributed by atoms with van der Waals surface area (Å²) in [7, 11) is 0. The van der Waals surface area contributed by atoms with Crippen LogP contribution in [0.1, 0.15) is 23.5 Å². The maximum Gasteiger partial charge on any atom is 0.226 e. The number of amides is 1. The number of nitrogens with one attached hydrogen (secondary N) is 1. The van der Waals surface area contributed by atoms with E-state index in [2.05, 4.69) is 10.4 Å². The summed E-state index contributed by atoms with van der Waals surface area (Å²) in [6.45, 7) is 0. The Labute approximate surface area is 138 Å². The fourth-order valence-electron chi connectivity index (χ4n) is 2.98. The molecule has 1 aliphatic rings. The molecule has 1 aliphatic heterocycles. The molecule has 2 aromatic carbocycles. The quantitative estimate of drug-likeness (QED) is 0.775. The largest absolute Gasteiger partial charge is 0.310 e. The molecule has 1 amide bonds. The van der Waals surface area contributed by atoms with Gasteiger partial charge in [-0.3, -0.25) is 4.79 Å². The minimum absolute atomic E-state index is 0.00191. The van der Waals surface area contributed by atoms with Crippen LogP contribution in [-0.4, -0.2) is 15.7 Å². The molecule has 0 radical (unpaired) electrons. The van der Waals surface area contributed by atoms with E-state index < -0.39 is 0 Å². The number of carbonyl (C=O) groups excluding carboxylic acids is 1. The van der Waals surface area contributed by atoms with Gasteiger partial charge in [0.25, 0.3) is 0 Å². The molecule has 0 fully saturated rings. The molecule has 0 bridgehead atoms. The number of aromatic nitrogens is 2. The minimum atomic E-state index is 0.00191. The van der Waals surface area contributed by atoms with E-state index in [1.165, 1.54) is 0 Å². The van der Waals surface area contributed by atoms with Gasteiger partial charge in [-0.15, -0.1) is 0 Å². The van der Waals surface area contributed by atoms with E-state index in [0.29, 0.717) is 11.4 Å². The average molecular weight is 324 g/mol. The van der Waals surface area contributed by atoms with Crippen LogP contribution in [0, 0.1) is 0 Å². The highest BCUT2D eigenvalue weighted by molar-refractivity contribution is 6.30. The molecule has 114 valence electrons. The van der Waals surface area contributed by atoms with Crippen LogP contribution in [0.3, 0.4) is 0 Å². The lowest BCUT2D eigenvalue weighted by molar-refractivity contribution is -0.116. The third-order valence-electron chi connectivity index (χ3n) is 4.09. The summed E-state index contributed by atoms with van der Waals surface area (Å²) in [6.07, 6.45) is 2.27. The summed E-state index contributed by atoms with van der Waals surface area (Å²) in [6, 6.07) is 17.4. The third-order valence-corrected chi connectivity index (χ3v) is 4.35. The molecule has 0 saturated carbocycles. The number of anilines is 1. The van der Waals surface area contributed by atoms with E-state index in [4.69, 9.17) is 11.6 Å². The number of hydrogen-bond donors (Lipinski definition) is 1. The van der Waals surface area contributed by atoms with Gasteiger partial charge in [0.2, 0.25) is 5.91 Å². The van der Waals surface area contributed by atoms with E-state index in [1.807, 2.05) is 60.8 Å². The van der Waals surface area contributed by atoms with Crippen molar-refractivity contribution in [3.8, 4) is 5.69 Å². The first kappa shape index (κ1) is 14.0. The number of fused-ring (bicyclic) bond motifs is 1. The Bertz CT molecular complexity index is 856. The van der Waals surface area contributed by atoms with Crippen LogP contribution in [0.5, 0.6) is 0 Å². The summed E-state index contributed by atoms with van der Waals surface area (Å²) >= 11 is 5.94. The first-order chi connectivity index (χ1) is 11.2. The molecule has 0 aliphatic carbocycles. The number of nitrogens with zero attached hydrogens (tertiary/aromatic N) is 2. The maximum atomic E-state index is 12.2. The molecular formula is C18H14ClN3O. The minimum Gasteiger partial charge on any atom is -0.310 e. The second kappa shape index (κ2) is 5.56. The van der Waals surface area contributed by atoms with Crippen LogP contribution in [0.2, 0.25) is 5.02 Å². The molecular weight excluding hydrogens is 310 g/mol. The first-order valence-corrected chi connectivity index (χ1v) is 7.79. The molecule has 23 heavy (non-hydrogen) atoms. The van der Waals surface area contributed by atoms with Crippen molar-refractivity contribution in [1.82, 2.24) is 9.78 Å². The van der Waals surface area contributed by atoms with E-state index in [0.717, 1.165) is 22.6 Å². The molecule has 1 aromatic heterocycles. The second-order valence-electron chi connectivity index (χ2n) is 5.55. The van der Waals surface area contributed by atoms with Gasteiger partial charge in [0.05, 0.1) is 11.9 Å². The fraction of sp³-hybridized carbons (Fsp3) is 0.111. The number of hydrogen-bond acceptors (Lipinski definition) is 2. The number of benzene rings is 2. The zero-order chi connectivity index (χ0) is 15.8. The van der Waals surface area contributed by atoms with Gasteiger partial charge in [-0.05, 0) is 29.8 Å². The molecule has 0 saturated heterocycles. The Kier molecular flexibility index (Phi) is 3.39. The van der Waals surface area contributed by atoms with Crippen LogP contribution >= 0.6 is 11.6 Å². The van der Waals surface area contributed by atoms with Crippen molar-refractivity contribution in [2.45, 2.75) is 12.3 Å². The van der Waals surface area contributed by atoms with Crippen molar-refractivity contribution in [1.29, 1.82) is 0 Å². The van der Waals surface area contributed by atoms with E-state index in [9.17, 15) is 4.79 Å². The summed E-state index contributed by atoms with van der Waals surface area (Å²) in [5, 5.41) is 8.08. The van der Waals surface area contributed by atoms with Crippen LogP contribution in [0.4, 0.5) is 5.82 Å². The predicted octanol–water partition coefficient (Wildman–Crippen LogP) is 4.00. The van der Waals surface area contributed by atoms with Gasteiger partial charge >= 0.3 is 0 Å². The predicted molar refractivity (Wildman–Crippen MR) is 90.1 cm³/mol. The van der Waals surface area contributed by atoms with Gasteiger partial charge in [-0.25, -0.2) is 4.68 Å². The Morgan fingerprint density at radius 1 is 1.09 bits per heavy atom. The summed E-state index contributed by atoms with van der Waals surface area (Å²) < 4.78 is 1.75. The number of halogens is 1. The van der Waals surface area contributed by atoms with E-state index in [-0.39, 0.29) is 11.8 Å². The Morgan fingerprint density at radius 3 is 2.57 bits per heavy atom. The molecule has 2 heterocycles. The SMILES string of the molecule is O=C1CC(c2ccccc2)c2cnn(-c3ccc(Cl)cc3)c2N1. The van der Waals surface area contributed by atoms with Gasteiger partial charge in [0.15, 0.2) is 0 Å². The zero-order valence-electron chi connectivity index (χ0n) is 12.2. The molecule has 1 unspecified atom stereocenters. The summed E-state index contributed by atoms with van der Waals surface area (Å²) in [4.78, 5) is 12.2. The fourth-order valence-corrected chi connectivity index (χ4v) is 3.11. The highest BCUT2D eigenvalue weighted by Crippen LogP contribution is 2.37. The molecule has 4 rings (SSSR count). The Balaban J connectivity index is 1.81. The average Bonchev–Trinajstić information content (AvgIpc) is 2.99. The highest BCUT2D eigenvalue weighted by Gasteiger charge is 2.30. The molecule has 5 heteroatoms. The molecule has 3 aromatic rings. The lowest BCUT2D eigenvalue weighted by atomic mass is 9.87. The van der Waals surface area contributed by atoms with Crippen LogP contribution in [0.25, 0.3) is 5.69 Å². The highest BCUT2D eigenvalue weighted by atomic mass is 35.5. The Morgan fingerprint density at radius 2 is 1.83 bits per heavy atom. The van der Waals surface area contributed by atoms with Crippen molar-refractivity contribution >= 4 is 23.3 Å². The normalized spacial score (nSPS) is 16.7. The molecule has 1 atom stereocenters. The molecule has 1 N–H and O–H groups in total. The summed E-state index contributed by atoms with van der Waals surface area (Å²) in [5.74, 6) is 0.764. The van der Waals surface area contributed by atoms with Crippen molar-refractivity contribution in [2.75, 3.05) is 5.32 Å². The van der Waals surface area contributed by atoms with E-state index in [1.54, 1.807) is 4.68 Å². The van der Waals surface area contributed by atoms with Gasteiger partial charge in [0, 0.05) is 22.9 Å². The molecule has 0 spiro atoms. The van der Waals surface area contributed by atoms with Gasteiger partial charge in [-0.1, -0.05) is 41.9 Å². The zero-order valence-corrected chi connectivity index (χ0v) is 13.0. The Hall–Kier alpha value is -2.59. The van der Waals surface area contributed by atoms with Gasteiger partial charge < -0.3 is 5.32 Å².